The minimum absolute atomic E-state index is 0.255. The van der Waals surface area contributed by atoms with E-state index in [0.717, 1.165) is 69.8 Å². The van der Waals surface area contributed by atoms with Crippen LogP contribution in [-0.2, 0) is 4.74 Å². The topological polar surface area (TPSA) is 83.8 Å². The maximum absolute atomic E-state index is 13.3. The molecule has 6 rings (SSSR count). The molecule has 38 heavy (non-hydrogen) atoms. The van der Waals surface area contributed by atoms with E-state index >= 15 is 0 Å². The van der Waals surface area contributed by atoms with Gasteiger partial charge in [0.25, 0.3) is 0 Å². The van der Waals surface area contributed by atoms with E-state index in [1.807, 2.05) is 41.1 Å². The number of carbonyl (C=O) groups is 1. The molecule has 2 amide bonds. The maximum atomic E-state index is 13.3. The fourth-order valence-electron chi connectivity index (χ4n) is 4.28. The molecule has 0 atom stereocenters. The minimum Gasteiger partial charge on any atom is -0.379 e. The first-order chi connectivity index (χ1) is 18.6. The molecule has 1 aliphatic heterocycles. The molecule has 1 aliphatic rings. The van der Waals surface area contributed by atoms with E-state index in [1.165, 1.54) is 23.5 Å². The van der Waals surface area contributed by atoms with Crippen LogP contribution in [0.1, 0.15) is 0 Å². The van der Waals surface area contributed by atoms with Crippen molar-refractivity contribution in [2.45, 2.75) is 9.92 Å². The second kappa shape index (κ2) is 11.1. The van der Waals surface area contributed by atoms with Crippen LogP contribution in [0.5, 0.6) is 0 Å². The number of nitrogens with zero attached hydrogens (tertiary/aromatic N) is 4. The second-order valence-electron chi connectivity index (χ2n) is 8.83. The van der Waals surface area contributed by atoms with E-state index in [1.54, 1.807) is 23.9 Å². The number of carbonyl (C=O) groups excluding carboxylic acids is 1. The van der Waals surface area contributed by atoms with E-state index in [9.17, 15) is 9.18 Å². The number of morpholine rings is 1. The van der Waals surface area contributed by atoms with Crippen molar-refractivity contribution in [3.63, 3.8) is 0 Å². The highest BCUT2D eigenvalue weighted by atomic mass is 32.2. The number of anilines is 1. The molecular weight excluding hydrogens is 523 g/mol. The van der Waals surface area contributed by atoms with Gasteiger partial charge >= 0.3 is 6.03 Å². The summed E-state index contributed by atoms with van der Waals surface area (Å²) in [7, 11) is 0. The van der Waals surface area contributed by atoms with Gasteiger partial charge in [-0.2, -0.15) is 0 Å². The largest absolute Gasteiger partial charge is 0.379 e. The van der Waals surface area contributed by atoms with Gasteiger partial charge in [0.15, 0.2) is 5.13 Å². The standard InChI is InChI=1S/C27H25FN6O2S2/c28-20-4-1-18(2-5-20)19-3-8-24-30-16-25(34(24)17-19)37-21-6-7-22-23(15-21)38-27(31-22)32-26(35)29-9-10-33-11-13-36-14-12-33/h1-8,15-17H,9-14H2,(H2,29,31,32,35). The van der Waals surface area contributed by atoms with E-state index in [2.05, 4.69) is 31.6 Å². The fraction of sp³-hybridized carbons (Fsp3) is 0.222. The van der Waals surface area contributed by atoms with Crippen LogP contribution in [0, 0.1) is 5.82 Å². The number of ether oxygens (including phenoxy) is 1. The van der Waals surface area contributed by atoms with Crippen molar-refractivity contribution >= 4 is 50.1 Å². The molecule has 194 valence electrons. The van der Waals surface area contributed by atoms with E-state index in [-0.39, 0.29) is 11.8 Å². The molecule has 1 saturated heterocycles. The zero-order chi connectivity index (χ0) is 25.9. The number of nitrogens with one attached hydrogen (secondary N) is 2. The van der Waals surface area contributed by atoms with Crippen molar-refractivity contribution in [2.75, 3.05) is 44.7 Å². The first-order valence-electron chi connectivity index (χ1n) is 12.3. The monoisotopic (exact) mass is 548 g/mol. The van der Waals surface area contributed by atoms with E-state index in [4.69, 9.17) is 4.74 Å². The molecule has 0 radical (unpaired) electrons. The van der Waals surface area contributed by atoms with Gasteiger partial charge in [-0.05, 0) is 53.6 Å². The Hall–Kier alpha value is -3.51. The minimum atomic E-state index is -0.255. The maximum Gasteiger partial charge on any atom is 0.321 e. The van der Waals surface area contributed by atoms with Crippen LogP contribution in [0.3, 0.4) is 0 Å². The highest BCUT2D eigenvalue weighted by molar-refractivity contribution is 7.99. The SMILES string of the molecule is O=C(NCCN1CCOCC1)Nc1nc2ccc(Sc3cnc4ccc(-c5ccc(F)cc5)cn34)cc2s1. The molecule has 2 aromatic carbocycles. The summed E-state index contributed by atoms with van der Waals surface area (Å²) >= 11 is 3.04. The van der Waals surface area contributed by atoms with Gasteiger partial charge in [0.2, 0.25) is 0 Å². The van der Waals surface area contributed by atoms with Crippen molar-refractivity contribution in [1.82, 2.24) is 24.6 Å². The van der Waals surface area contributed by atoms with E-state index in [0.29, 0.717) is 11.7 Å². The third-order valence-corrected chi connectivity index (χ3v) is 8.20. The quantitative estimate of drug-likeness (QED) is 0.285. The number of thiazole rings is 1. The highest BCUT2D eigenvalue weighted by Gasteiger charge is 2.13. The lowest BCUT2D eigenvalue weighted by Crippen LogP contribution is -2.42. The zero-order valence-electron chi connectivity index (χ0n) is 20.4. The lowest BCUT2D eigenvalue weighted by Gasteiger charge is -2.26. The molecule has 5 aromatic rings. The third kappa shape index (κ3) is 5.65. The van der Waals surface area contributed by atoms with Crippen LogP contribution in [0.2, 0.25) is 0 Å². The molecular formula is C27H25FN6O2S2. The summed E-state index contributed by atoms with van der Waals surface area (Å²) in [5.74, 6) is -0.255. The fourth-order valence-corrected chi connectivity index (χ4v) is 6.16. The van der Waals surface area contributed by atoms with E-state index < -0.39 is 0 Å². The number of hydrogen-bond donors (Lipinski definition) is 2. The molecule has 4 heterocycles. The normalized spacial score (nSPS) is 14.2. The molecule has 1 fully saturated rings. The summed E-state index contributed by atoms with van der Waals surface area (Å²) < 4.78 is 21.7. The molecule has 3 aromatic heterocycles. The summed E-state index contributed by atoms with van der Waals surface area (Å²) in [5.41, 5.74) is 3.59. The van der Waals surface area contributed by atoms with Crippen molar-refractivity contribution in [2.24, 2.45) is 0 Å². The van der Waals surface area contributed by atoms with Gasteiger partial charge in [0.05, 0.1) is 29.6 Å². The Morgan fingerprint density at radius 3 is 2.74 bits per heavy atom. The molecule has 11 heteroatoms. The summed E-state index contributed by atoms with van der Waals surface area (Å²) in [5, 5.41) is 7.28. The van der Waals surface area contributed by atoms with Crippen molar-refractivity contribution in [1.29, 1.82) is 0 Å². The summed E-state index contributed by atoms with van der Waals surface area (Å²) in [6, 6.07) is 16.2. The number of fused-ring (bicyclic) bond motifs is 2. The number of halogens is 1. The van der Waals surface area contributed by atoms with Crippen LogP contribution < -0.4 is 10.6 Å². The van der Waals surface area contributed by atoms with Crippen molar-refractivity contribution in [3.8, 4) is 11.1 Å². The highest BCUT2D eigenvalue weighted by Crippen LogP contribution is 2.34. The number of benzene rings is 2. The van der Waals surface area contributed by atoms with Gasteiger partial charge in [-0.3, -0.25) is 14.6 Å². The van der Waals surface area contributed by atoms with Gasteiger partial charge in [0, 0.05) is 37.3 Å². The lowest BCUT2D eigenvalue weighted by atomic mass is 10.1. The number of aromatic nitrogens is 3. The van der Waals surface area contributed by atoms with Crippen LogP contribution in [0.15, 0.2) is 76.9 Å². The Balaban J connectivity index is 1.13. The first-order valence-corrected chi connectivity index (χ1v) is 13.9. The average Bonchev–Trinajstić information content (AvgIpc) is 3.52. The Bertz CT molecular complexity index is 1580. The molecule has 0 unspecified atom stereocenters. The second-order valence-corrected chi connectivity index (χ2v) is 11.0. The number of pyridine rings is 1. The van der Waals surface area contributed by atoms with Crippen molar-refractivity contribution in [3.05, 3.63) is 72.8 Å². The van der Waals surface area contributed by atoms with Gasteiger partial charge < -0.3 is 10.1 Å². The van der Waals surface area contributed by atoms with Crippen LogP contribution in [0.4, 0.5) is 14.3 Å². The van der Waals surface area contributed by atoms with Crippen molar-refractivity contribution < 1.29 is 13.9 Å². The molecule has 8 nitrogen and oxygen atoms in total. The number of rotatable bonds is 7. The smallest absolute Gasteiger partial charge is 0.321 e. The van der Waals surface area contributed by atoms with Crippen LogP contribution in [0.25, 0.3) is 27.0 Å². The Morgan fingerprint density at radius 2 is 1.89 bits per heavy atom. The predicted octanol–water partition coefficient (Wildman–Crippen LogP) is 5.36. The molecule has 0 bridgehead atoms. The van der Waals surface area contributed by atoms with Gasteiger partial charge in [-0.1, -0.05) is 35.2 Å². The predicted molar refractivity (Wildman–Crippen MR) is 149 cm³/mol. The first kappa shape index (κ1) is 24.8. The number of imidazole rings is 1. The van der Waals surface area contributed by atoms with Gasteiger partial charge in [-0.25, -0.2) is 19.2 Å². The summed E-state index contributed by atoms with van der Waals surface area (Å²) in [4.78, 5) is 24.7. The zero-order valence-corrected chi connectivity index (χ0v) is 22.0. The molecule has 2 N–H and O–H groups in total. The molecule has 0 aliphatic carbocycles. The Morgan fingerprint density at radius 1 is 1.08 bits per heavy atom. The number of urea groups is 1. The van der Waals surface area contributed by atoms with Crippen LogP contribution in [-0.4, -0.2) is 64.7 Å². The van der Waals surface area contributed by atoms with Gasteiger partial charge in [-0.15, -0.1) is 0 Å². The number of hydrogen-bond acceptors (Lipinski definition) is 7. The third-order valence-electron chi connectivity index (χ3n) is 6.27. The molecule has 0 saturated carbocycles. The van der Waals surface area contributed by atoms with Gasteiger partial charge in [0.1, 0.15) is 16.5 Å². The number of amides is 2. The summed E-state index contributed by atoms with van der Waals surface area (Å²) in [6.07, 6.45) is 3.86. The Kier molecular flexibility index (Phi) is 7.23. The molecule has 0 spiro atoms. The lowest BCUT2D eigenvalue weighted by molar-refractivity contribution is 0.0388. The summed E-state index contributed by atoms with van der Waals surface area (Å²) in [6.45, 7) is 4.64. The van der Waals surface area contributed by atoms with Crippen LogP contribution >= 0.6 is 23.1 Å². The average molecular weight is 549 g/mol. The Labute approximate surface area is 226 Å².